The maximum Gasteiger partial charge on any atom is 0.241 e. The van der Waals surface area contributed by atoms with Crippen LogP contribution in [0.4, 0.5) is 5.69 Å². The van der Waals surface area contributed by atoms with E-state index in [0.29, 0.717) is 0 Å². The standard InChI is InChI=1S/C14H20N2O/c1-11-7-3-4-8-13(11)15-14(17)12(2)16-9-5-6-10-16/h3-4,7-8,12H,5-6,9-10H2,1-2H3,(H,15,17)/t12-/m1/s1. The molecule has 1 fully saturated rings. The summed E-state index contributed by atoms with van der Waals surface area (Å²) in [4.78, 5) is 14.3. The van der Waals surface area contributed by atoms with E-state index < -0.39 is 0 Å². The van der Waals surface area contributed by atoms with Gasteiger partial charge in [-0.3, -0.25) is 9.69 Å². The molecule has 3 nitrogen and oxygen atoms in total. The van der Waals surface area contributed by atoms with Gasteiger partial charge in [-0.05, 0) is 51.4 Å². The van der Waals surface area contributed by atoms with Gasteiger partial charge in [-0.25, -0.2) is 0 Å². The van der Waals surface area contributed by atoms with Crippen molar-refractivity contribution >= 4 is 11.6 Å². The summed E-state index contributed by atoms with van der Waals surface area (Å²) in [5, 5.41) is 3.01. The number of amides is 1. The molecule has 17 heavy (non-hydrogen) atoms. The third-order valence-corrected chi connectivity index (χ3v) is 3.47. The summed E-state index contributed by atoms with van der Waals surface area (Å²) in [5.74, 6) is 0.0983. The molecule has 1 aliphatic rings. The first-order valence-corrected chi connectivity index (χ1v) is 6.29. The largest absolute Gasteiger partial charge is 0.324 e. The lowest BCUT2D eigenvalue weighted by atomic mass is 10.2. The van der Waals surface area contributed by atoms with Crippen LogP contribution in [0.3, 0.4) is 0 Å². The molecule has 1 aliphatic heterocycles. The highest BCUT2D eigenvalue weighted by molar-refractivity contribution is 5.95. The molecule has 1 saturated heterocycles. The molecule has 0 aliphatic carbocycles. The molecule has 1 N–H and O–H groups in total. The van der Waals surface area contributed by atoms with Crippen molar-refractivity contribution < 1.29 is 4.79 Å². The van der Waals surface area contributed by atoms with Gasteiger partial charge in [0.1, 0.15) is 0 Å². The van der Waals surface area contributed by atoms with Gasteiger partial charge in [-0.1, -0.05) is 18.2 Å². The van der Waals surface area contributed by atoms with Crippen molar-refractivity contribution in [2.24, 2.45) is 0 Å². The van der Waals surface area contributed by atoms with Gasteiger partial charge in [-0.15, -0.1) is 0 Å². The Morgan fingerprint density at radius 2 is 1.94 bits per heavy atom. The normalized spacial score (nSPS) is 18.0. The van der Waals surface area contributed by atoms with E-state index in [-0.39, 0.29) is 11.9 Å². The number of benzene rings is 1. The van der Waals surface area contributed by atoms with E-state index in [4.69, 9.17) is 0 Å². The first-order valence-electron chi connectivity index (χ1n) is 6.29. The van der Waals surface area contributed by atoms with E-state index in [2.05, 4.69) is 10.2 Å². The van der Waals surface area contributed by atoms with Gasteiger partial charge >= 0.3 is 0 Å². The topological polar surface area (TPSA) is 32.3 Å². The second-order valence-electron chi connectivity index (χ2n) is 4.72. The highest BCUT2D eigenvalue weighted by Gasteiger charge is 2.23. The molecule has 0 radical (unpaired) electrons. The molecule has 2 rings (SSSR count). The summed E-state index contributed by atoms with van der Waals surface area (Å²) in [6.45, 7) is 6.08. The average molecular weight is 232 g/mol. The van der Waals surface area contributed by atoms with E-state index in [0.717, 1.165) is 24.3 Å². The molecule has 0 saturated carbocycles. The van der Waals surface area contributed by atoms with Crippen LogP contribution in [0.5, 0.6) is 0 Å². The summed E-state index contributed by atoms with van der Waals surface area (Å²) in [6, 6.07) is 7.86. The number of hydrogen-bond acceptors (Lipinski definition) is 2. The Morgan fingerprint density at radius 3 is 2.59 bits per heavy atom. The van der Waals surface area contributed by atoms with Crippen LogP contribution >= 0.6 is 0 Å². The summed E-state index contributed by atoms with van der Waals surface area (Å²) in [6.07, 6.45) is 2.42. The first kappa shape index (κ1) is 12.1. The van der Waals surface area contributed by atoms with Gasteiger partial charge < -0.3 is 5.32 Å². The molecule has 1 amide bonds. The molecule has 0 unspecified atom stereocenters. The number of aryl methyl sites for hydroxylation is 1. The van der Waals surface area contributed by atoms with Crippen LogP contribution in [-0.2, 0) is 4.79 Å². The molecule has 92 valence electrons. The van der Waals surface area contributed by atoms with Crippen LogP contribution in [-0.4, -0.2) is 29.9 Å². The zero-order chi connectivity index (χ0) is 12.3. The van der Waals surface area contributed by atoms with E-state index in [9.17, 15) is 4.79 Å². The predicted octanol–water partition coefficient (Wildman–Crippen LogP) is 2.42. The molecular formula is C14H20N2O. The van der Waals surface area contributed by atoms with Crippen LogP contribution < -0.4 is 5.32 Å². The van der Waals surface area contributed by atoms with Crippen LogP contribution in [0.25, 0.3) is 0 Å². The molecule has 1 atom stereocenters. The number of para-hydroxylation sites is 1. The van der Waals surface area contributed by atoms with Crippen LogP contribution in [0.15, 0.2) is 24.3 Å². The summed E-state index contributed by atoms with van der Waals surface area (Å²) < 4.78 is 0. The molecule has 1 aromatic carbocycles. The van der Waals surface area contributed by atoms with Gasteiger partial charge in [0.15, 0.2) is 0 Å². The number of carbonyl (C=O) groups is 1. The van der Waals surface area contributed by atoms with Crippen LogP contribution in [0, 0.1) is 6.92 Å². The smallest absolute Gasteiger partial charge is 0.241 e. The third-order valence-electron chi connectivity index (χ3n) is 3.47. The van der Waals surface area contributed by atoms with Crippen molar-refractivity contribution in [2.45, 2.75) is 32.7 Å². The van der Waals surface area contributed by atoms with Crippen molar-refractivity contribution in [1.29, 1.82) is 0 Å². The number of anilines is 1. The Hall–Kier alpha value is -1.35. The summed E-state index contributed by atoms with van der Waals surface area (Å²) in [7, 11) is 0. The Morgan fingerprint density at radius 1 is 1.29 bits per heavy atom. The number of rotatable bonds is 3. The van der Waals surface area contributed by atoms with Gasteiger partial charge in [0, 0.05) is 5.69 Å². The molecular weight excluding hydrogens is 212 g/mol. The van der Waals surface area contributed by atoms with Crippen LogP contribution in [0.1, 0.15) is 25.3 Å². The Bertz CT molecular complexity index is 397. The number of carbonyl (C=O) groups excluding carboxylic acids is 1. The Labute approximate surface area is 103 Å². The van der Waals surface area contributed by atoms with Crippen molar-refractivity contribution in [3.05, 3.63) is 29.8 Å². The molecule has 0 bridgehead atoms. The maximum atomic E-state index is 12.1. The minimum Gasteiger partial charge on any atom is -0.324 e. The average Bonchev–Trinajstić information content (AvgIpc) is 2.84. The molecule has 0 aromatic heterocycles. The summed E-state index contributed by atoms with van der Waals surface area (Å²) in [5.41, 5.74) is 2.03. The van der Waals surface area contributed by atoms with E-state index in [1.54, 1.807) is 0 Å². The van der Waals surface area contributed by atoms with Crippen LogP contribution in [0.2, 0.25) is 0 Å². The first-order chi connectivity index (χ1) is 8.18. The van der Waals surface area contributed by atoms with Gasteiger partial charge in [0.25, 0.3) is 0 Å². The minimum absolute atomic E-state index is 0.0305. The highest BCUT2D eigenvalue weighted by Crippen LogP contribution is 2.16. The zero-order valence-corrected chi connectivity index (χ0v) is 10.6. The lowest BCUT2D eigenvalue weighted by Crippen LogP contribution is -2.40. The molecule has 1 aromatic rings. The molecule has 3 heteroatoms. The molecule has 0 spiro atoms. The van der Waals surface area contributed by atoms with Gasteiger partial charge in [0.2, 0.25) is 5.91 Å². The van der Waals surface area contributed by atoms with Crippen molar-refractivity contribution in [3.63, 3.8) is 0 Å². The highest BCUT2D eigenvalue weighted by atomic mass is 16.2. The van der Waals surface area contributed by atoms with Gasteiger partial charge in [0.05, 0.1) is 6.04 Å². The number of likely N-dealkylation sites (tertiary alicyclic amines) is 1. The number of nitrogens with zero attached hydrogens (tertiary/aromatic N) is 1. The van der Waals surface area contributed by atoms with Crippen molar-refractivity contribution in [1.82, 2.24) is 4.90 Å². The zero-order valence-electron chi connectivity index (χ0n) is 10.6. The number of hydrogen-bond donors (Lipinski definition) is 1. The maximum absolute atomic E-state index is 12.1. The quantitative estimate of drug-likeness (QED) is 0.868. The fourth-order valence-corrected chi connectivity index (χ4v) is 2.25. The van der Waals surface area contributed by atoms with Crippen molar-refractivity contribution in [2.75, 3.05) is 18.4 Å². The molecule has 1 heterocycles. The van der Waals surface area contributed by atoms with E-state index in [1.807, 2.05) is 38.1 Å². The lowest BCUT2D eigenvalue weighted by molar-refractivity contribution is -0.120. The fourth-order valence-electron chi connectivity index (χ4n) is 2.25. The second kappa shape index (κ2) is 5.32. The second-order valence-corrected chi connectivity index (χ2v) is 4.72. The SMILES string of the molecule is Cc1ccccc1NC(=O)[C@@H](C)N1CCCC1. The Kier molecular flexibility index (Phi) is 3.79. The van der Waals surface area contributed by atoms with Crippen molar-refractivity contribution in [3.8, 4) is 0 Å². The monoisotopic (exact) mass is 232 g/mol. The predicted molar refractivity (Wildman–Crippen MR) is 70.1 cm³/mol. The fraction of sp³-hybridized carbons (Fsp3) is 0.500. The minimum atomic E-state index is -0.0305. The van der Waals surface area contributed by atoms with Gasteiger partial charge in [-0.2, -0.15) is 0 Å². The third kappa shape index (κ3) is 2.86. The summed E-state index contributed by atoms with van der Waals surface area (Å²) >= 11 is 0. The van der Waals surface area contributed by atoms with E-state index in [1.165, 1.54) is 12.8 Å². The number of nitrogens with one attached hydrogen (secondary N) is 1. The lowest BCUT2D eigenvalue weighted by Gasteiger charge is -2.23. The van der Waals surface area contributed by atoms with E-state index >= 15 is 0 Å². The Balaban J connectivity index is 1.99.